The van der Waals surface area contributed by atoms with Crippen LogP contribution in [0.2, 0.25) is 0 Å². The molecule has 3 atom stereocenters. The van der Waals surface area contributed by atoms with Crippen molar-refractivity contribution >= 4 is 0 Å². The van der Waals surface area contributed by atoms with Gasteiger partial charge in [-0.15, -0.1) is 0 Å². The SMILES string of the molecule is Cn1c(=O)n2n(c1=O)C1C=CC2CC1C(C)(C)C. The van der Waals surface area contributed by atoms with Gasteiger partial charge in [0, 0.05) is 7.05 Å². The van der Waals surface area contributed by atoms with E-state index >= 15 is 0 Å². The minimum absolute atomic E-state index is 0.0106. The molecule has 18 heavy (non-hydrogen) atoms. The zero-order valence-electron chi connectivity index (χ0n) is 11.3. The van der Waals surface area contributed by atoms with Gasteiger partial charge in [-0.05, 0) is 17.8 Å². The summed E-state index contributed by atoms with van der Waals surface area (Å²) in [5.41, 5.74) is -0.274. The van der Waals surface area contributed by atoms with Gasteiger partial charge in [0.15, 0.2) is 0 Å². The van der Waals surface area contributed by atoms with Gasteiger partial charge in [-0.3, -0.25) is 0 Å². The summed E-state index contributed by atoms with van der Waals surface area (Å²) in [4.78, 5) is 24.2. The first-order valence-electron chi connectivity index (χ1n) is 6.40. The number of nitrogens with zero attached hydrogens (tertiary/aromatic N) is 3. The average Bonchev–Trinajstić information content (AvgIpc) is 2.56. The van der Waals surface area contributed by atoms with Crippen molar-refractivity contribution < 1.29 is 0 Å². The molecule has 0 fully saturated rings. The second-order valence-corrected chi connectivity index (χ2v) is 6.46. The van der Waals surface area contributed by atoms with Crippen LogP contribution in [0.25, 0.3) is 0 Å². The van der Waals surface area contributed by atoms with Crippen molar-refractivity contribution in [1.82, 2.24) is 13.9 Å². The normalized spacial score (nSPS) is 29.7. The summed E-state index contributed by atoms with van der Waals surface area (Å²) in [6.07, 6.45) is 5.09. The van der Waals surface area contributed by atoms with Gasteiger partial charge in [-0.25, -0.2) is 23.5 Å². The zero-order valence-corrected chi connectivity index (χ0v) is 11.3. The average molecular weight is 249 g/mol. The standard InChI is InChI=1S/C13H19N3O2/c1-13(2,3)9-7-8-5-6-10(9)16-12(18)14(4)11(17)15(8)16/h5-6,8-10H,7H2,1-4H3. The molecule has 4 rings (SSSR count). The molecule has 0 saturated carbocycles. The van der Waals surface area contributed by atoms with Gasteiger partial charge in [0.1, 0.15) is 0 Å². The Morgan fingerprint density at radius 2 is 1.72 bits per heavy atom. The molecule has 0 N–H and O–H groups in total. The Bertz CT molecular complexity index is 639. The molecule has 0 saturated heterocycles. The highest BCUT2D eigenvalue weighted by atomic mass is 16.2. The molecule has 3 aliphatic rings. The molecule has 2 bridgehead atoms. The molecule has 98 valence electrons. The lowest BCUT2D eigenvalue weighted by molar-refractivity contribution is 0.0852. The molecule has 1 aromatic heterocycles. The van der Waals surface area contributed by atoms with Crippen molar-refractivity contribution in [3.8, 4) is 0 Å². The number of fused-ring (bicyclic) bond motifs is 1. The third-order valence-electron chi connectivity index (χ3n) is 4.35. The molecule has 0 radical (unpaired) electrons. The molecular formula is C13H19N3O2. The fourth-order valence-corrected chi connectivity index (χ4v) is 3.30. The lowest BCUT2D eigenvalue weighted by Crippen LogP contribution is -2.47. The van der Waals surface area contributed by atoms with E-state index in [9.17, 15) is 9.59 Å². The fourth-order valence-electron chi connectivity index (χ4n) is 3.30. The van der Waals surface area contributed by atoms with Gasteiger partial charge >= 0.3 is 11.4 Å². The lowest BCUT2D eigenvalue weighted by atomic mass is 9.70. The van der Waals surface area contributed by atoms with E-state index < -0.39 is 0 Å². The number of rotatable bonds is 0. The van der Waals surface area contributed by atoms with Crippen LogP contribution in [0.3, 0.4) is 0 Å². The van der Waals surface area contributed by atoms with Crippen LogP contribution < -0.4 is 11.4 Å². The first-order valence-corrected chi connectivity index (χ1v) is 6.40. The van der Waals surface area contributed by atoms with Crippen LogP contribution in [0.4, 0.5) is 0 Å². The highest BCUT2D eigenvalue weighted by molar-refractivity contribution is 5.13. The maximum Gasteiger partial charge on any atom is 0.347 e. The Morgan fingerprint density at radius 3 is 2.33 bits per heavy atom. The predicted octanol–water partition coefficient (Wildman–Crippen LogP) is 1.07. The van der Waals surface area contributed by atoms with Crippen molar-refractivity contribution in [1.29, 1.82) is 0 Å². The molecule has 0 amide bonds. The van der Waals surface area contributed by atoms with Gasteiger partial charge in [0.05, 0.1) is 12.1 Å². The van der Waals surface area contributed by atoms with Crippen molar-refractivity contribution in [2.24, 2.45) is 18.4 Å². The second kappa shape index (κ2) is 3.28. The highest BCUT2D eigenvalue weighted by Gasteiger charge is 2.44. The Labute approximate surface area is 105 Å². The van der Waals surface area contributed by atoms with E-state index in [1.807, 2.05) is 0 Å². The van der Waals surface area contributed by atoms with Crippen molar-refractivity contribution in [3.05, 3.63) is 33.1 Å². The molecule has 3 unspecified atom stereocenters. The van der Waals surface area contributed by atoms with Crippen molar-refractivity contribution in [2.45, 2.75) is 39.3 Å². The number of hydrogen-bond donors (Lipinski definition) is 0. The van der Waals surface area contributed by atoms with Crippen molar-refractivity contribution in [2.75, 3.05) is 0 Å². The third kappa shape index (κ3) is 1.27. The van der Waals surface area contributed by atoms with Crippen LogP contribution in [0, 0.1) is 11.3 Å². The molecule has 1 aromatic rings. The van der Waals surface area contributed by atoms with E-state index in [0.29, 0.717) is 5.92 Å². The monoisotopic (exact) mass is 249 g/mol. The van der Waals surface area contributed by atoms with Gasteiger partial charge in [0.2, 0.25) is 0 Å². The summed E-state index contributed by atoms with van der Waals surface area (Å²) in [5.74, 6) is 0.395. The molecule has 0 spiro atoms. The minimum Gasteiger partial charge on any atom is -0.246 e. The number of aromatic nitrogens is 3. The maximum atomic E-state index is 12.2. The smallest absolute Gasteiger partial charge is 0.246 e. The molecule has 3 heterocycles. The lowest BCUT2D eigenvalue weighted by Gasteiger charge is -2.45. The Hall–Kier alpha value is -1.52. The first-order chi connectivity index (χ1) is 8.32. The first kappa shape index (κ1) is 11.6. The van der Waals surface area contributed by atoms with Crippen LogP contribution in [0.15, 0.2) is 21.7 Å². The Morgan fingerprint density at radius 1 is 1.11 bits per heavy atom. The summed E-state index contributed by atoms with van der Waals surface area (Å²) in [6, 6.07) is 0.0389. The number of allylic oxidation sites excluding steroid dienone is 2. The van der Waals surface area contributed by atoms with Gasteiger partial charge in [-0.2, -0.15) is 0 Å². The third-order valence-corrected chi connectivity index (χ3v) is 4.35. The van der Waals surface area contributed by atoms with E-state index in [4.69, 9.17) is 0 Å². The van der Waals surface area contributed by atoms with Gasteiger partial charge in [-0.1, -0.05) is 32.9 Å². The van der Waals surface area contributed by atoms with Crippen LogP contribution in [-0.4, -0.2) is 13.9 Å². The summed E-state index contributed by atoms with van der Waals surface area (Å²) in [5, 5.41) is 0. The minimum atomic E-state index is -0.202. The maximum absolute atomic E-state index is 12.2. The van der Waals surface area contributed by atoms with Crippen molar-refractivity contribution in [3.63, 3.8) is 0 Å². The largest absolute Gasteiger partial charge is 0.347 e. The molecular weight excluding hydrogens is 230 g/mol. The van der Waals surface area contributed by atoms with E-state index in [1.54, 1.807) is 16.4 Å². The van der Waals surface area contributed by atoms with E-state index in [1.165, 1.54) is 4.57 Å². The molecule has 5 heteroatoms. The van der Waals surface area contributed by atoms with Gasteiger partial charge in [0.25, 0.3) is 0 Å². The summed E-state index contributed by atoms with van der Waals surface area (Å²) < 4.78 is 4.47. The van der Waals surface area contributed by atoms with E-state index in [0.717, 1.165) is 6.42 Å². The quantitative estimate of drug-likeness (QED) is 0.646. The van der Waals surface area contributed by atoms with Crippen LogP contribution in [0.1, 0.15) is 39.3 Å². The zero-order chi connectivity index (χ0) is 13.2. The Kier molecular flexibility index (Phi) is 2.10. The Balaban J connectivity index is 2.25. The van der Waals surface area contributed by atoms with Crippen LogP contribution in [-0.2, 0) is 7.05 Å². The topological polar surface area (TPSA) is 48.9 Å². The fraction of sp³-hybridized carbons (Fsp3) is 0.692. The number of hydrogen-bond acceptors (Lipinski definition) is 2. The molecule has 5 nitrogen and oxygen atoms in total. The predicted molar refractivity (Wildman–Crippen MR) is 68.7 cm³/mol. The highest BCUT2D eigenvalue weighted by Crippen LogP contribution is 2.46. The summed E-state index contributed by atoms with van der Waals surface area (Å²) in [6.45, 7) is 6.59. The molecule has 2 aliphatic heterocycles. The molecule has 1 aliphatic carbocycles. The molecule has 0 aromatic carbocycles. The summed E-state index contributed by atoms with van der Waals surface area (Å²) >= 11 is 0. The van der Waals surface area contributed by atoms with E-state index in [2.05, 4.69) is 32.9 Å². The summed E-state index contributed by atoms with van der Waals surface area (Å²) in [7, 11) is 1.55. The van der Waals surface area contributed by atoms with Crippen LogP contribution >= 0.6 is 0 Å². The second-order valence-electron chi connectivity index (χ2n) is 6.46. The van der Waals surface area contributed by atoms with E-state index in [-0.39, 0.29) is 28.9 Å². The van der Waals surface area contributed by atoms with Crippen LogP contribution in [0.5, 0.6) is 0 Å². The van der Waals surface area contributed by atoms with Gasteiger partial charge < -0.3 is 0 Å².